The second kappa shape index (κ2) is 6.44. The summed E-state index contributed by atoms with van der Waals surface area (Å²) >= 11 is 7.27. The maximum Gasteiger partial charge on any atom is 0.309 e. The number of rotatable bonds is 5. The lowest BCUT2D eigenvalue weighted by Crippen LogP contribution is -2.01. The minimum atomic E-state index is -0.969. The summed E-state index contributed by atoms with van der Waals surface area (Å²) in [6.45, 7) is 0. The summed E-state index contributed by atoms with van der Waals surface area (Å²) in [5, 5.41) is 9.07. The molecular weight excluding hydrogens is 338 g/mol. The molecule has 0 amide bonds. The van der Waals surface area contributed by atoms with E-state index in [4.69, 9.17) is 25.9 Å². The van der Waals surface area contributed by atoms with Crippen molar-refractivity contribution in [2.45, 2.75) is 6.42 Å². The van der Waals surface area contributed by atoms with Crippen molar-refractivity contribution in [1.82, 2.24) is 4.98 Å². The van der Waals surface area contributed by atoms with E-state index in [-0.39, 0.29) is 6.42 Å². The van der Waals surface area contributed by atoms with Crippen LogP contribution in [0.4, 0.5) is 0 Å². The monoisotopic (exact) mass is 349 g/mol. The van der Waals surface area contributed by atoms with Gasteiger partial charge in [-0.15, -0.1) is 11.3 Å². The molecule has 2 heterocycles. The number of aromatic nitrogens is 1. The van der Waals surface area contributed by atoms with Gasteiger partial charge >= 0.3 is 5.97 Å². The maximum atomic E-state index is 11.1. The van der Waals surface area contributed by atoms with E-state index in [1.807, 2.05) is 0 Å². The van der Waals surface area contributed by atoms with Gasteiger partial charge in [-0.05, 0) is 36.4 Å². The Bertz CT molecular complexity index is 838. The molecule has 0 unspecified atom stereocenters. The zero-order chi connectivity index (χ0) is 16.4. The number of carboxylic acids is 1. The smallest absolute Gasteiger partial charge is 0.309 e. The molecule has 0 saturated heterocycles. The number of thiophene rings is 1. The summed E-state index contributed by atoms with van der Waals surface area (Å²) in [4.78, 5) is 16.2. The first kappa shape index (κ1) is 15.6. The topological polar surface area (TPSA) is 72.6 Å². The van der Waals surface area contributed by atoms with Gasteiger partial charge in [0, 0.05) is 5.56 Å². The quantitative estimate of drug-likeness (QED) is 0.741. The molecule has 2 aromatic heterocycles. The zero-order valence-corrected chi connectivity index (χ0v) is 13.6. The van der Waals surface area contributed by atoms with Gasteiger partial charge in [0.15, 0.2) is 5.76 Å². The Morgan fingerprint density at radius 1 is 1.30 bits per heavy atom. The highest BCUT2D eigenvalue weighted by atomic mass is 35.5. The van der Waals surface area contributed by atoms with Crippen molar-refractivity contribution in [3.05, 3.63) is 46.4 Å². The van der Waals surface area contributed by atoms with E-state index in [0.717, 1.165) is 16.2 Å². The van der Waals surface area contributed by atoms with Crippen LogP contribution in [0.25, 0.3) is 22.1 Å². The van der Waals surface area contributed by atoms with Crippen LogP contribution in [0.1, 0.15) is 5.69 Å². The normalized spacial score (nSPS) is 10.7. The molecule has 0 saturated carbocycles. The number of carboxylic acid groups (broad SMARTS) is 1. The van der Waals surface area contributed by atoms with Crippen molar-refractivity contribution in [3.63, 3.8) is 0 Å². The Hall–Kier alpha value is -2.31. The van der Waals surface area contributed by atoms with Crippen molar-refractivity contribution in [1.29, 1.82) is 0 Å². The Labute approximate surface area is 141 Å². The molecule has 0 spiro atoms. The fourth-order valence-corrected chi connectivity index (χ4v) is 3.15. The molecule has 1 N–H and O–H groups in total. The highest BCUT2D eigenvalue weighted by molar-refractivity contribution is 7.19. The Morgan fingerprint density at radius 2 is 2.04 bits per heavy atom. The summed E-state index contributed by atoms with van der Waals surface area (Å²) in [6, 6.07) is 10.7. The van der Waals surface area contributed by atoms with E-state index in [1.165, 1.54) is 11.3 Å². The van der Waals surface area contributed by atoms with Gasteiger partial charge in [0.25, 0.3) is 0 Å². The number of hydrogen-bond acceptors (Lipinski definition) is 5. The second-order valence-corrected chi connectivity index (χ2v) is 6.41. The fourth-order valence-electron chi connectivity index (χ4n) is 2.10. The van der Waals surface area contributed by atoms with Gasteiger partial charge < -0.3 is 14.3 Å². The number of nitrogens with zero attached hydrogens (tertiary/aromatic N) is 1. The van der Waals surface area contributed by atoms with Crippen LogP contribution in [0.5, 0.6) is 5.75 Å². The lowest BCUT2D eigenvalue weighted by Gasteiger charge is -1.99. The van der Waals surface area contributed by atoms with E-state index in [1.54, 1.807) is 43.5 Å². The molecule has 0 bridgehead atoms. The number of carbonyl (C=O) groups is 1. The molecule has 118 valence electrons. The first-order valence-corrected chi connectivity index (χ1v) is 7.88. The van der Waals surface area contributed by atoms with Crippen LogP contribution in [0.15, 0.2) is 40.8 Å². The second-order valence-electron chi connectivity index (χ2n) is 4.70. The average Bonchev–Trinajstić information content (AvgIpc) is 3.13. The Kier molecular flexibility index (Phi) is 4.36. The van der Waals surface area contributed by atoms with Crippen LogP contribution in [-0.2, 0) is 11.2 Å². The maximum absolute atomic E-state index is 11.1. The predicted molar refractivity (Wildman–Crippen MR) is 88.2 cm³/mol. The molecule has 3 aromatic rings. The van der Waals surface area contributed by atoms with Crippen LogP contribution >= 0.6 is 22.9 Å². The van der Waals surface area contributed by atoms with Crippen molar-refractivity contribution in [3.8, 4) is 27.8 Å². The van der Waals surface area contributed by atoms with Crippen molar-refractivity contribution in [2.24, 2.45) is 0 Å². The summed E-state index contributed by atoms with van der Waals surface area (Å²) in [5.41, 5.74) is 1.12. The van der Waals surface area contributed by atoms with Gasteiger partial charge in [0.1, 0.15) is 5.75 Å². The molecule has 0 aliphatic carbocycles. The minimum absolute atomic E-state index is 0.218. The zero-order valence-electron chi connectivity index (χ0n) is 12.1. The lowest BCUT2D eigenvalue weighted by molar-refractivity contribution is -0.136. The standard InChI is InChI=1S/C16H12ClNO4S/c1-21-10-4-2-9(3-5-10)16-18-11(8-14(19)20)15(22-16)12-6-7-13(17)23-12/h2-7H,8H2,1H3,(H,19,20). The number of ether oxygens (including phenoxy) is 1. The highest BCUT2D eigenvalue weighted by Crippen LogP contribution is 2.36. The molecule has 0 aliphatic rings. The van der Waals surface area contributed by atoms with Gasteiger partial charge in [-0.25, -0.2) is 4.98 Å². The number of oxazole rings is 1. The van der Waals surface area contributed by atoms with Crippen LogP contribution < -0.4 is 4.74 Å². The van der Waals surface area contributed by atoms with Crippen molar-refractivity contribution in [2.75, 3.05) is 7.11 Å². The van der Waals surface area contributed by atoms with Gasteiger partial charge in [-0.3, -0.25) is 4.79 Å². The van der Waals surface area contributed by atoms with Gasteiger partial charge in [0.2, 0.25) is 5.89 Å². The third-order valence-electron chi connectivity index (χ3n) is 3.15. The van der Waals surface area contributed by atoms with E-state index in [9.17, 15) is 4.79 Å². The fraction of sp³-hybridized carbons (Fsp3) is 0.125. The molecule has 1 aromatic carbocycles. The third kappa shape index (κ3) is 3.38. The lowest BCUT2D eigenvalue weighted by atomic mass is 10.2. The van der Waals surface area contributed by atoms with Crippen molar-refractivity contribution >= 4 is 28.9 Å². The molecule has 0 fully saturated rings. The molecule has 0 aliphatic heterocycles. The predicted octanol–water partition coefficient (Wildman–Crippen LogP) is 4.36. The van der Waals surface area contributed by atoms with E-state index in [0.29, 0.717) is 21.7 Å². The molecular formula is C16H12ClNO4S. The molecule has 3 rings (SSSR count). The highest BCUT2D eigenvalue weighted by Gasteiger charge is 2.20. The first-order chi connectivity index (χ1) is 11.1. The number of aliphatic carboxylic acids is 1. The molecule has 0 atom stereocenters. The number of hydrogen-bond donors (Lipinski definition) is 1. The van der Waals surface area contributed by atoms with E-state index >= 15 is 0 Å². The molecule has 0 radical (unpaired) electrons. The first-order valence-electron chi connectivity index (χ1n) is 6.68. The molecule has 5 nitrogen and oxygen atoms in total. The summed E-state index contributed by atoms with van der Waals surface area (Å²) in [6.07, 6.45) is -0.218. The summed E-state index contributed by atoms with van der Waals surface area (Å²) in [7, 11) is 1.59. The minimum Gasteiger partial charge on any atom is -0.497 e. The molecule has 23 heavy (non-hydrogen) atoms. The summed E-state index contributed by atoms with van der Waals surface area (Å²) in [5.74, 6) is 0.554. The van der Waals surface area contributed by atoms with E-state index in [2.05, 4.69) is 4.98 Å². The van der Waals surface area contributed by atoms with Crippen LogP contribution in [0.3, 0.4) is 0 Å². The van der Waals surface area contributed by atoms with Gasteiger partial charge in [0.05, 0.1) is 28.4 Å². The Morgan fingerprint density at radius 3 is 2.61 bits per heavy atom. The van der Waals surface area contributed by atoms with Crippen LogP contribution in [-0.4, -0.2) is 23.2 Å². The number of halogens is 1. The Balaban J connectivity index is 2.04. The number of methoxy groups -OCH3 is 1. The van der Waals surface area contributed by atoms with Crippen LogP contribution in [0.2, 0.25) is 4.34 Å². The van der Waals surface area contributed by atoms with Gasteiger partial charge in [-0.2, -0.15) is 0 Å². The van der Waals surface area contributed by atoms with Gasteiger partial charge in [-0.1, -0.05) is 11.6 Å². The van der Waals surface area contributed by atoms with E-state index < -0.39 is 5.97 Å². The van der Waals surface area contributed by atoms with Crippen LogP contribution in [0, 0.1) is 0 Å². The molecule has 7 heteroatoms. The SMILES string of the molecule is COc1ccc(-c2nc(CC(=O)O)c(-c3ccc(Cl)s3)o2)cc1. The summed E-state index contributed by atoms with van der Waals surface area (Å²) < 4.78 is 11.5. The largest absolute Gasteiger partial charge is 0.497 e. The third-order valence-corrected chi connectivity index (χ3v) is 4.38. The average molecular weight is 350 g/mol. The number of benzene rings is 1. The van der Waals surface area contributed by atoms with Crippen molar-refractivity contribution < 1.29 is 19.1 Å².